The van der Waals surface area contributed by atoms with Crippen molar-refractivity contribution in [2.24, 2.45) is 0 Å². The summed E-state index contributed by atoms with van der Waals surface area (Å²) in [4.78, 5) is 9.91. The molecule has 2 heterocycles. The number of hydrogen-bond donors (Lipinski definition) is 0. The first kappa shape index (κ1) is 7.46. The van der Waals surface area contributed by atoms with Crippen LogP contribution in [0, 0.1) is 6.92 Å². The van der Waals surface area contributed by atoms with Crippen molar-refractivity contribution in [3.8, 4) is 0 Å². The Morgan fingerprint density at radius 3 is 2.83 bits per heavy atom. The first-order chi connectivity index (χ1) is 5.75. The van der Waals surface area contributed by atoms with E-state index in [1.165, 1.54) is 6.33 Å². The summed E-state index contributed by atoms with van der Waals surface area (Å²) in [6.07, 6.45) is 0.830. The molecule has 1 aromatic rings. The second-order valence-electron chi connectivity index (χ2n) is 3.02. The number of halogens is 1. The maximum Gasteiger partial charge on any atom is 0.135 e. The Kier molecular flexibility index (Phi) is 1.67. The van der Waals surface area contributed by atoms with Gasteiger partial charge in [-0.2, -0.15) is 0 Å². The number of anilines is 1. The molecule has 0 spiro atoms. The second kappa shape index (κ2) is 2.69. The van der Waals surface area contributed by atoms with Crippen LogP contribution in [0.5, 0.6) is 0 Å². The number of nitrogens with zero attached hydrogens (tertiary/aromatic N) is 3. The standard InChI is InChI=1S/C8H10FN3/c1-6-2-8(11-5-10-6)12-3-7(9)4-12/h2,5,7H,3-4H2,1H3. The molecule has 0 N–H and O–H groups in total. The Hall–Kier alpha value is -1.19. The van der Waals surface area contributed by atoms with Gasteiger partial charge in [-0.3, -0.25) is 0 Å². The van der Waals surface area contributed by atoms with E-state index in [0.29, 0.717) is 13.1 Å². The third-order valence-electron chi connectivity index (χ3n) is 1.95. The van der Waals surface area contributed by atoms with Crippen LogP contribution in [0.25, 0.3) is 0 Å². The van der Waals surface area contributed by atoms with Gasteiger partial charge in [0.2, 0.25) is 0 Å². The van der Waals surface area contributed by atoms with Crippen molar-refractivity contribution in [3.05, 3.63) is 18.1 Å². The minimum Gasteiger partial charge on any atom is -0.351 e. The monoisotopic (exact) mass is 167 g/mol. The zero-order chi connectivity index (χ0) is 8.55. The van der Waals surface area contributed by atoms with E-state index in [1.807, 2.05) is 17.9 Å². The smallest absolute Gasteiger partial charge is 0.135 e. The molecule has 12 heavy (non-hydrogen) atoms. The lowest BCUT2D eigenvalue weighted by Crippen LogP contribution is -2.48. The van der Waals surface area contributed by atoms with Gasteiger partial charge in [0.1, 0.15) is 18.3 Å². The van der Waals surface area contributed by atoms with Gasteiger partial charge in [-0.25, -0.2) is 14.4 Å². The van der Waals surface area contributed by atoms with Crippen LogP contribution in [-0.2, 0) is 0 Å². The highest BCUT2D eigenvalue weighted by atomic mass is 19.1. The quantitative estimate of drug-likeness (QED) is 0.623. The molecule has 2 rings (SSSR count). The minimum atomic E-state index is -0.680. The lowest BCUT2D eigenvalue weighted by atomic mass is 10.2. The van der Waals surface area contributed by atoms with Crippen LogP contribution in [0.4, 0.5) is 10.2 Å². The van der Waals surface area contributed by atoms with Crippen LogP contribution in [-0.4, -0.2) is 29.2 Å². The zero-order valence-corrected chi connectivity index (χ0v) is 6.87. The number of aromatic nitrogens is 2. The normalized spacial score (nSPS) is 17.7. The second-order valence-corrected chi connectivity index (χ2v) is 3.02. The van der Waals surface area contributed by atoms with E-state index in [1.54, 1.807) is 0 Å². The minimum absolute atomic E-state index is 0.469. The van der Waals surface area contributed by atoms with Crippen LogP contribution >= 0.6 is 0 Å². The molecule has 0 amide bonds. The number of hydrogen-bond acceptors (Lipinski definition) is 3. The van der Waals surface area contributed by atoms with E-state index >= 15 is 0 Å². The molecule has 1 saturated heterocycles. The fourth-order valence-corrected chi connectivity index (χ4v) is 1.23. The average molecular weight is 167 g/mol. The van der Waals surface area contributed by atoms with Gasteiger partial charge >= 0.3 is 0 Å². The maximum atomic E-state index is 12.5. The SMILES string of the molecule is Cc1cc(N2CC(F)C2)ncn1. The molecule has 3 nitrogen and oxygen atoms in total. The van der Waals surface area contributed by atoms with E-state index in [2.05, 4.69) is 9.97 Å². The van der Waals surface area contributed by atoms with Gasteiger partial charge < -0.3 is 4.90 Å². The van der Waals surface area contributed by atoms with Gasteiger partial charge in [0.25, 0.3) is 0 Å². The molecule has 0 radical (unpaired) electrons. The highest BCUT2D eigenvalue weighted by Crippen LogP contribution is 2.19. The Labute approximate surface area is 70.3 Å². The molecular formula is C8H10FN3. The first-order valence-corrected chi connectivity index (χ1v) is 3.93. The summed E-state index contributed by atoms with van der Waals surface area (Å²) >= 11 is 0. The van der Waals surface area contributed by atoms with E-state index in [0.717, 1.165) is 11.5 Å². The van der Waals surface area contributed by atoms with Crippen LogP contribution in [0.2, 0.25) is 0 Å². The molecule has 1 aliphatic heterocycles. The molecule has 1 aromatic heterocycles. The van der Waals surface area contributed by atoms with Crippen molar-refractivity contribution in [1.29, 1.82) is 0 Å². The van der Waals surface area contributed by atoms with Gasteiger partial charge in [0, 0.05) is 11.8 Å². The van der Waals surface area contributed by atoms with E-state index in [4.69, 9.17) is 0 Å². The summed E-state index contributed by atoms with van der Waals surface area (Å²) in [7, 11) is 0. The highest BCUT2D eigenvalue weighted by Gasteiger charge is 2.26. The van der Waals surface area contributed by atoms with Crippen molar-refractivity contribution in [3.63, 3.8) is 0 Å². The van der Waals surface area contributed by atoms with Crippen LogP contribution in [0.3, 0.4) is 0 Å². The van der Waals surface area contributed by atoms with Crippen LogP contribution in [0.15, 0.2) is 12.4 Å². The first-order valence-electron chi connectivity index (χ1n) is 3.93. The lowest BCUT2D eigenvalue weighted by molar-refractivity contribution is 0.273. The highest BCUT2D eigenvalue weighted by molar-refractivity contribution is 5.42. The summed E-state index contributed by atoms with van der Waals surface area (Å²) in [6.45, 7) is 2.84. The van der Waals surface area contributed by atoms with Crippen molar-refractivity contribution in [2.75, 3.05) is 18.0 Å². The Morgan fingerprint density at radius 2 is 2.25 bits per heavy atom. The summed E-state index contributed by atoms with van der Waals surface area (Å²) in [6, 6.07) is 1.87. The molecule has 0 aliphatic carbocycles. The van der Waals surface area contributed by atoms with Crippen molar-refractivity contribution in [1.82, 2.24) is 9.97 Å². The Bertz CT molecular complexity index is 283. The zero-order valence-electron chi connectivity index (χ0n) is 6.87. The Morgan fingerprint density at radius 1 is 1.50 bits per heavy atom. The summed E-state index contributed by atoms with van der Waals surface area (Å²) < 4.78 is 12.5. The van der Waals surface area contributed by atoms with Gasteiger partial charge in [0.05, 0.1) is 13.1 Å². The van der Waals surface area contributed by atoms with Crippen LogP contribution in [0.1, 0.15) is 5.69 Å². The van der Waals surface area contributed by atoms with Crippen molar-refractivity contribution >= 4 is 5.82 Å². The fourth-order valence-electron chi connectivity index (χ4n) is 1.23. The van der Waals surface area contributed by atoms with E-state index < -0.39 is 6.17 Å². The molecular weight excluding hydrogens is 157 g/mol. The van der Waals surface area contributed by atoms with Crippen LogP contribution < -0.4 is 4.90 Å². The number of aryl methyl sites for hydroxylation is 1. The molecule has 0 saturated carbocycles. The molecule has 1 fully saturated rings. The third-order valence-corrected chi connectivity index (χ3v) is 1.95. The molecule has 0 unspecified atom stereocenters. The largest absolute Gasteiger partial charge is 0.351 e. The molecule has 0 bridgehead atoms. The van der Waals surface area contributed by atoms with Gasteiger partial charge in [-0.05, 0) is 6.92 Å². The van der Waals surface area contributed by atoms with Gasteiger partial charge in [-0.15, -0.1) is 0 Å². The summed E-state index contributed by atoms with van der Waals surface area (Å²) in [5.41, 5.74) is 0.919. The van der Waals surface area contributed by atoms with Gasteiger partial charge in [-0.1, -0.05) is 0 Å². The van der Waals surface area contributed by atoms with E-state index in [-0.39, 0.29) is 0 Å². The summed E-state index contributed by atoms with van der Waals surface area (Å²) in [5.74, 6) is 0.830. The summed E-state index contributed by atoms with van der Waals surface area (Å²) in [5, 5.41) is 0. The predicted octanol–water partition coefficient (Wildman–Crippen LogP) is 0.943. The van der Waals surface area contributed by atoms with Gasteiger partial charge in [0.15, 0.2) is 0 Å². The van der Waals surface area contributed by atoms with Crippen molar-refractivity contribution in [2.45, 2.75) is 13.1 Å². The maximum absolute atomic E-state index is 12.5. The number of alkyl halides is 1. The molecule has 0 atom stereocenters. The predicted molar refractivity (Wildman–Crippen MR) is 43.9 cm³/mol. The molecule has 4 heteroatoms. The molecule has 64 valence electrons. The third kappa shape index (κ3) is 1.24. The fraction of sp³-hybridized carbons (Fsp3) is 0.500. The average Bonchev–Trinajstić information content (AvgIpc) is 1.99. The lowest BCUT2D eigenvalue weighted by Gasteiger charge is -2.35. The molecule has 0 aromatic carbocycles. The Balaban J connectivity index is 2.13. The number of rotatable bonds is 1. The van der Waals surface area contributed by atoms with E-state index in [9.17, 15) is 4.39 Å². The topological polar surface area (TPSA) is 29.0 Å². The van der Waals surface area contributed by atoms with Crippen molar-refractivity contribution < 1.29 is 4.39 Å². The molecule has 1 aliphatic rings.